The van der Waals surface area contributed by atoms with Crippen molar-refractivity contribution in [3.63, 3.8) is 0 Å². The topological polar surface area (TPSA) is 42.5 Å². The number of methoxy groups -OCH3 is 1. The summed E-state index contributed by atoms with van der Waals surface area (Å²) in [7, 11) is 1.70. The Morgan fingerprint density at radius 3 is 3.19 bits per heavy atom. The molecule has 1 saturated heterocycles. The molecule has 2 aliphatic rings. The van der Waals surface area contributed by atoms with Gasteiger partial charge in [-0.1, -0.05) is 6.07 Å². The maximum absolute atomic E-state index is 5.48. The highest BCUT2D eigenvalue weighted by Crippen LogP contribution is 2.36. The third kappa shape index (κ3) is 1.50. The fourth-order valence-corrected chi connectivity index (χ4v) is 2.40. The number of para-hydroxylation sites is 1. The van der Waals surface area contributed by atoms with Crippen molar-refractivity contribution in [3.05, 3.63) is 18.2 Å². The summed E-state index contributed by atoms with van der Waals surface area (Å²) < 4.78 is 10.8. The first kappa shape index (κ1) is 9.78. The zero-order valence-electron chi connectivity index (χ0n) is 9.32. The van der Waals surface area contributed by atoms with Crippen LogP contribution in [0.4, 0.5) is 11.4 Å². The van der Waals surface area contributed by atoms with Gasteiger partial charge in [-0.05, 0) is 12.1 Å². The molecular formula is C12H16N2O2. The van der Waals surface area contributed by atoms with Gasteiger partial charge in [0.15, 0.2) is 0 Å². The molecule has 0 spiro atoms. The largest absolute Gasteiger partial charge is 0.495 e. The Labute approximate surface area is 94.9 Å². The Morgan fingerprint density at radius 1 is 1.38 bits per heavy atom. The van der Waals surface area contributed by atoms with Crippen LogP contribution in [0.3, 0.4) is 0 Å². The summed E-state index contributed by atoms with van der Waals surface area (Å²) in [6.45, 7) is 2.56. The van der Waals surface area contributed by atoms with Crippen LogP contribution in [-0.2, 0) is 4.74 Å². The van der Waals surface area contributed by atoms with Crippen molar-refractivity contribution in [1.29, 1.82) is 0 Å². The van der Waals surface area contributed by atoms with Crippen LogP contribution in [-0.4, -0.2) is 32.9 Å². The van der Waals surface area contributed by atoms with E-state index in [1.807, 2.05) is 12.1 Å². The first-order valence-electron chi connectivity index (χ1n) is 5.63. The smallest absolute Gasteiger partial charge is 0.144 e. The molecule has 2 aliphatic heterocycles. The molecule has 1 aromatic carbocycles. The van der Waals surface area contributed by atoms with E-state index in [2.05, 4.69) is 16.7 Å². The van der Waals surface area contributed by atoms with Gasteiger partial charge < -0.3 is 20.1 Å². The van der Waals surface area contributed by atoms with Crippen molar-refractivity contribution in [2.24, 2.45) is 5.92 Å². The minimum Gasteiger partial charge on any atom is -0.495 e. The fraction of sp³-hybridized carbons (Fsp3) is 0.500. The Hall–Kier alpha value is -1.42. The normalized spacial score (nSPS) is 27.1. The van der Waals surface area contributed by atoms with Crippen LogP contribution < -0.4 is 15.4 Å². The van der Waals surface area contributed by atoms with Crippen LogP contribution in [0.1, 0.15) is 0 Å². The van der Waals surface area contributed by atoms with E-state index in [1.54, 1.807) is 7.11 Å². The Balaban J connectivity index is 1.96. The molecule has 0 bridgehead atoms. The van der Waals surface area contributed by atoms with Gasteiger partial charge in [0.25, 0.3) is 0 Å². The van der Waals surface area contributed by atoms with E-state index in [9.17, 15) is 0 Å². The first-order chi connectivity index (χ1) is 7.88. The Kier molecular flexibility index (Phi) is 2.36. The highest BCUT2D eigenvalue weighted by molar-refractivity contribution is 5.76. The average Bonchev–Trinajstić information content (AvgIpc) is 2.67. The van der Waals surface area contributed by atoms with Crippen LogP contribution in [0.5, 0.6) is 5.75 Å². The number of hydrogen-bond acceptors (Lipinski definition) is 4. The van der Waals surface area contributed by atoms with E-state index in [4.69, 9.17) is 9.47 Å². The van der Waals surface area contributed by atoms with E-state index in [1.165, 1.54) is 0 Å². The molecule has 86 valence electrons. The van der Waals surface area contributed by atoms with Gasteiger partial charge in [0.1, 0.15) is 11.4 Å². The lowest BCUT2D eigenvalue weighted by Gasteiger charge is -2.15. The lowest BCUT2D eigenvalue weighted by molar-refractivity contribution is 0.186. The number of fused-ring (bicyclic) bond motifs is 2. The Bertz CT molecular complexity index is 395. The number of ether oxygens (including phenoxy) is 2. The number of nitrogens with one attached hydrogen (secondary N) is 2. The van der Waals surface area contributed by atoms with Crippen molar-refractivity contribution >= 4 is 11.4 Å². The van der Waals surface area contributed by atoms with Crippen LogP contribution >= 0.6 is 0 Å². The number of anilines is 2. The van der Waals surface area contributed by atoms with Gasteiger partial charge in [-0.25, -0.2) is 0 Å². The molecule has 16 heavy (non-hydrogen) atoms. The minimum atomic E-state index is 0.417. The van der Waals surface area contributed by atoms with Crippen LogP contribution in [0.2, 0.25) is 0 Å². The molecule has 0 aromatic heterocycles. The van der Waals surface area contributed by atoms with E-state index >= 15 is 0 Å². The molecule has 3 rings (SSSR count). The van der Waals surface area contributed by atoms with Gasteiger partial charge in [0, 0.05) is 12.5 Å². The molecule has 2 heterocycles. The molecule has 2 atom stereocenters. The highest BCUT2D eigenvalue weighted by atomic mass is 16.5. The van der Waals surface area contributed by atoms with Crippen molar-refractivity contribution < 1.29 is 9.47 Å². The van der Waals surface area contributed by atoms with Crippen molar-refractivity contribution in [1.82, 2.24) is 0 Å². The molecule has 0 saturated carbocycles. The second-order valence-electron chi connectivity index (χ2n) is 4.31. The van der Waals surface area contributed by atoms with Gasteiger partial charge in [-0.2, -0.15) is 0 Å². The standard InChI is InChI=1S/C12H16N2O2/c1-15-11-4-2-3-9-12(11)13-5-8-6-16-7-10(8)14-9/h2-4,8,10,13-14H,5-7H2,1H3. The third-order valence-electron chi connectivity index (χ3n) is 3.33. The van der Waals surface area contributed by atoms with E-state index in [0.29, 0.717) is 12.0 Å². The maximum Gasteiger partial charge on any atom is 0.144 e. The predicted octanol–water partition coefficient (Wildman–Crippen LogP) is 1.55. The summed E-state index contributed by atoms with van der Waals surface area (Å²) in [6, 6.07) is 6.47. The van der Waals surface area contributed by atoms with E-state index < -0.39 is 0 Å². The summed E-state index contributed by atoms with van der Waals surface area (Å²) in [5, 5.41) is 6.98. The molecule has 1 fully saturated rings. The zero-order valence-corrected chi connectivity index (χ0v) is 9.32. The molecule has 0 amide bonds. The van der Waals surface area contributed by atoms with Crippen LogP contribution in [0, 0.1) is 5.92 Å². The molecular weight excluding hydrogens is 204 g/mol. The molecule has 1 aromatic rings. The summed E-state index contributed by atoms with van der Waals surface area (Å²) in [5.41, 5.74) is 2.18. The summed E-state index contributed by atoms with van der Waals surface area (Å²) in [4.78, 5) is 0. The molecule has 0 radical (unpaired) electrons. The second-order valence-corrected chi connectivity index (χ2v) is 4.31. The lowest BCUT2D eigenvalue weighted by atomic mass is 10.0. The summed E-state index contributed by atoms with van der Waals surface area (Å²) in [6.07, 6.45) is 0. The molecule has 4 heteroatoms. The number of benzene rings is 1. The predicted molar refractivity (Wildman–Crippen MR) is 63.2 cm³/mol. The molecule has 4 nitrogen and oxygen atoms in total. The van der Waals surface area contributed by atoms with Crippen LogP contribution in [0.15, 0.2) is 18.2 Å². The van der Waals surface area contributed by atoms with E-state index in [0.717, 1.165) is 36.9 Å². The van der Waals surface area contributed by atoms with Crippen molar-refractivity contribution in [2.45, 2.75) is 6.04 Å². The fourth-order valence-electron chi connectivity index (χ4n) is 2.40. The maximum atomic E-state index is 5.48. The number of hydrogen-bond donors (Lipinski definition) is 2. The SMILES string of the molecule is COc1cccc2c1NCC1COCC1N2. The monoisotopic (exact) mass is 220 g/mol. The van der Waals surface area contributed by atoms with Gasteiger partial charge in [0.2, 0.25) is 0 Å². The highest BCUT2D eigenvalue weighted by Gasteiger charge is 2.31. The average molecular weight is 220 g/mol. The third-order valence-corrected chi connectivity index (χ3v) is 3.33. The van der Waals surface area contributed by atoms with E-state index in [-0.39, 0.29) is 0 Å². The molecule has 2 unspecified atom stereocenters. The van der Waals surface area contributed by atoms with Gasteiger partial charge >= 0.3 is 0 Å². The summed E-state index contributed by atoms with van der Waals surface area (Å²) in [5.74, 6) is 1.43. The van der Waals surface area contributed by atoms with Crippen molar-refractivity contribution in [3.8, 4) is 5.75 Å². The quantitative estimate of drug-likeness (QED) is 0.753. The first-order valence-corrected chi connectivity index (χ1v) is 5.63. The Morgan fingerprint density at radius 2 is 2.31 bits per heavy atom. The van der Waals surface area contributed by atoms with Gasteiger partial charge in [-0.15, -0.1) is 0 Å². The molecule has 2 N–H and O–H groups in total. The zero-order chi connectivity index (χ0) is 11.0. The van der Waals surface area contributed by atoms with Gasteiger partial charge in [-0.3, -0.25) is 0 Å². The van der Waals surface area contributed by atoms with Gasteiger partial charge in [0.05, 0.1) is 32.1 Å². The minimum absolute atomic E-state index is 0.417. The van der Waals surface area contributed by atoms with Crippen LogP contribution in [0.25, 0.3) is 0 Å². The van der Waals surface area contributed by atoms with Crippen molar-refractivity contribution in [2.75, 3.05) is 37.5 Å². The lowest BCUT2D eigenvalue weighted by Crippen LogP contribution is -2.29. The molecule has 0 aliphatic carbocycles. The summed E-state index contributed by atoms with van der Waals surface area (Å²) >= 11 is 0. The number of rotatable bonds is 1. The second kappa shape index (κ2) is 3.87.